The van der Waals surface area contributed by atoms with Crippen molar-refractivity contribution < 1.29 is 4.79 Å². The zero-order chi connectivity index (χ0) is 13.8. The van der Waals surface area contributed by atoms with Crippen LogP contribution in [0.25, 0.3) is 0 Å². The second-order valence-corrected chi connectivity index (χ2v) is 5.34. The third-order valence-electron chi connectivity index (χ3n) is 2.79. The van der Waals surface area contributed by atoms with Gasteiger partial charge in [-0.25, -0.2) is 0 Å². The largest absolute Gasteiger partial charge is 0.345 e. The molecular formula is C13H14ClN3OS. The van der Waals surface area contributed by atoms with E-state index in [-0.39, 0.29) is 11.9 Å². The number of aromatic nitrogens is 2. The van der Waals surface area contributed by atoms with E-state index in [1.165, 1.54) is 0 Å². The predicted octanol–water partition coefficient (Wildman–Crippen LogP) is 3.24. The van der Waals surface area contributed by atoms with E-state index in [0.717, 1.165) is 22.8 Å². The molecule has 0 bridgehead atoms. The molecule has 0 aliphatic heterocycles. The molecule has 1 N–H and O–H groups in total. The third-order valence-corrected chi connectivity index (χ3v) is 3.80. The number of benzene rings is 1. The van der Waals surface area contributed by atoms with Gasteiger partial charge in [0, 0.05) is 5.02 Å². The Morgan fingerprint density at radius 2 is 2.32 bits per heavy atom. The molecule has 0 saturated heterocycles. The van der Waals surface area contributed by atoms with Crippen molar-refractivity contribution in [2.75, 3.05) is 0 Å². The van der Waals surface area contributed by atoms with E-state index in [2.05, 4.69) is 14.9 Å². The van der Waals surface area contributed by atoms with Crippen LogP contribution < -0.4 is 5.32 Å². The molecular weight excluding hydrogens is 282 g/mol. The van der Waals surface area contributed by atoms with Crippen molar-refractivity contribution in [1.29, 1.82) is 0 Å². The lowest BCUT2D eigenvalue weighted by Gasteiger charge is -2.14. The highest BCUT2D eigenvalue weighted by Gasteiger charge is 2.17. The van der Waals surface area contributed by atoms with Crippen LogP contribution >= 0.6 is 23.1 Å². The van der Waals surface area contributed by atoms with Crippen LogP contribution in [0.2, 0.25) is 5.02 Å². The number of halogens is 1. The monoisotopic (exact) mass is 295 g/mol. The topological polar surface area (TPSA) is 54.9 Å². The molecule has 0 saturated carbocycles. The van der Waals surface area contributed by atoms with Crippen LogP contribution in [-0.2, 0) is 6.42 Å². The summed E-state index contributed by atoms with van der Waals surface area (Å²) in [5.41, 5.74) is 1.71. The van der Waals surface area contributed by atoms with E-state index < -0.39 is 0 Å². The van der Waals surface area contributed by atoms with Gasteiger partial charge in [0.15, 0.2) is 0 Å². The van der Waals surface area contributed by atoms with E-state index in [4.69, 9.17) is 11.6 Å². The highest BCUT2D eigenvalue weighted by Crippen LogP contribution is 2.19. The standard InChI is InChI=1S/C13H14ClN3OS/c1-3-11-12(19-17-16-11)13(18)15-8(2)9-5-4-6-10(14)7-9/h4-8H,3H2,1-2H3,(H,15,18). The molecule has 2 aromatic rings. The molecule has 6 heteroatoms. The number of nitrogens with one attached hydrogen (secondary N) is 1. The summed E-state index contributed by atoms with van der Waals surface area (Å²) < 4.78 is 3.82. The summed E-state index contributed by atoms with van der Waals surface area (Å²) in [5, 5.41) is 7.53. The predicted molar refractivity (Wildman–Crippen MR) is 76.6 cm³/mol. The maximum Gasteiger partial charge on any atom is 0.265 e. The molecule has 1 unspecified atom stereocenters. The molecule has 100 valence electrons. The average molecular weight is 296 g/mol. The van der Waals surface area contributed by atoms with Gasteiger partial charge in [-0.1, -0.05) is 35.1 Å². The minimum atomic E-state index is -0.140. The minimum absolute atomic E-state index is 0.113. The summed E-state index contributed by atoms with van der Waals surface area (Å²) in [5.74, 6) is -0.140. The molecule has 2 rings (SSSR count). The summed E-state index contributed by atoms with van der Waals surface area (Å²) in [6.45, 7) is 3.87. The van der Waals surface area contributed by atoms with Crippen molar-refractivity contribution in [2.24, 2.45) is 0 Å². The van der Waals surface area contributed by atoms with Gasteiger partial charge >= 0.3 is 0 Å². The molecule has 0 radical (unpaired) electrons. The Balaban J connectivity index is 2.11. The molecule has 1 amide bonds. The average Bonchev–Trinajstić information content (AvgIpc) is 2.87. The fraction of sp³-hybridized carbons (Fsp3) is 0.308. The first-order chi connectivity index (χ1) is 9.11. The molecule has 1 heterocycles. The number of amides is 1. The maximum absolute atomic E-state index is 12.1. The Hall–Kier alpha value is -1.46. The number of carbonyl (C=O) groups is 1. The van der Waals surface area contributed by atoms with Gasteiger partial charge in [0.25, 0.3) is 5.91 Å². The molecule has 0 fully saturated rings. The molecule has 0 spiro atoms. The first kappa shape index (κ1) is 14.0. The Morgan fingerprint density at radius 3 is 3.00 bits per heavy atom. The lowest BCUT2D eigenvalue weighted by Crippen LogP contribution is -2.26. The van der Waals surface area contributed by atoms with Crippen molar-refractivity contribution in [3.05, 3.63) is 45.4 Å². The smallest absolute Gasteiger partial charge is 0.265 e. The van der Waals surface area contributed by atoms with Crippen LogP contribution in [0.1, 0.15) is 40.8 Å². The number of hydrogen-bond donors (Lipinski definition) is 1. The SMILES string of the molecule is CCc1nnsc1C(=O)NC(C)c1cccc(Cl)c1. The molecule has 19 heavy (non-hydrogen) atoms. The van der Waals surface area contributed by atoms with Crippen LogP contribution in [-0.4, -0.2) is 15.5 Å². The van der Waals surface area contributed by atoms with Gasteiger partial charge in [-0.3, -0.25) is 4.79 Å². The fourth-order valence-corrected chi connectivity index (χ4v) is 2.59. The fourth-order valence-electron chi connectivity index (χ4n) is 1.73. The van der Waals surface area contributed by atoms with Gasteiger partial charge in [0.05, 0.1) is 11.7 Å². The van der Waals surface area contributed by atoms with Crippen molar-refractivity contribution in [1.82, 2.24) is 14.9 Å². The van der Waals surface area contributed by atoms with Gasteiger partial charge in [0.2, 0.25) is 0 Å². The van der Waals surface area contributed by atoms with Crippen LogP contribution in [0.3, 0.4) is 0 Å². The Morgan fingerprint density at radius 1 is 1.53 bits per heavy atom. The molecule has 4 nitrogen and oxygen atoms in total. The Labute approximate surface area is 121 Å². The number of hydrogen-bond acceptors (Lipinski definition) is 4. The molecule has 0 aliphatic rings. The third kappa shape index (κ3) is 3.30. The highest BCUT2D eigenvalue weighted by molar-refractivity contribution is 7.08. The lowest BCUT2D eigenvalue weighted by atomic mass is 10.1. The van der Waals surface area contributed by atoms with Gasteiger partial charge in [-0.2, -0.15) is 0 Å². The summed E-state index contributed by atoms with van der Waals surface area (Å²) in [6, 6.07) is 7.34. The van der Waals surface area contributed by atoms with E-state index in [1.807, 2.05) is 38.1 Å². The summed E-state index contributed by atoms with van der Waals surface area (Å²) in [7, 11) is 0. The van der Waals surface area contributed by atoms with Crippen molar-refractivity contribution in [3.63, 3.8) is 0 Å². The van der Waals surface area contributed by atoms with Crippen LogP contribution in [0.15, 0.2) is 24.3 Å². The summed E-state index contributed by atoms with van der Waals surface area (Å²) in [6.07, 6.45) is 0.699. The quantitative estimate of drug-likeness (QED) is 0.942. The van der Waals surface area contributed by atoms with Gasteiger partial charge < -0.3 is 5.32 Å². The summed E-state index contributed by atoms with van der Waals surface area (Å²) >= 11 is 7.07. The van der Waals surface area contributed by atoms with Crippen molar-refractivity contribution >= 4 is 29.0 Å². The maximum atomic E-state index is 12.1. The molecule has 1 aromatic carbocycles. The van der Waals surface area contributed by atoms with Crippen LogP contribution in [0.5, 0.6) is 0 Å². The van der Waals surface area contributed by atoms with E-state index in [1.54, 1.807) is 0 Å². The summed E-state index contributed by atoms with van der Waals surface area (Å²) in [4.78, 5) is 12.7. The molecule has 1 atom stereocenters. The Kier molecular flexibility index (Phi) is 4.50. The van der Waals surface area contributed by atoms with Gasteiger partial charge in [-0.05, 0) is 42.6 Å². The zero-order valence-electron chi connectivity index (χ0n) is 10.7. The van der Waals surface area contributed by atoms with E-state index >= 15 is 0 Å². The van der Waals surface area contributed by atoms with E-state index in [9.17, 15) is 4.79 Å². The van der Waals surface area contributed by atoms with Crippen molar-refractivity contribution in [2.45, 2.75) is 26.3 Å². The van der Waals surface area contributed by atoms with Gasteiger partial charge in [0.1, 0.15) is 4.88 Å². The number of nitrogens with zero attached hydrogens (tertiary/aromatic N) is 2. The van der Waals surface area contributed by atoms with Gasteiger partial charge in [-0.15, -0.1) is 5.10 Å². The number of aryl methyl sites for hydroxylation is 1. The highest BCUT2D eigenvalue weighted by atomic mass is 35.5. The first-order valence-electron chi connectivity index (χ1n) is 5.99. The molecule has 1 aromatic heterocycles. The lowest BCUT2D eigenvalue weighted by molar-refractivity contribution is 0.0943. The number of carbonyl (C=O) groups excluding carboxylic acids is 1. The first-order valence-corrected chi connectivity index (χ1v) is 7.14. The van der Waals surface area contributed by atoms with E-state index in [0.29, 0.717) is 16.3 Å². The van der Waals surface area contributed by atoms with Crippen LogP contribution in [0.4, 0.5) is 0 Å². The zero-order valence-corrected chi connectivity index (χ0v) is 12.3. The normalized spacial score (nSPS) is 12.2. The second-order valence-electron chi connectivity index (χ2n) is 4.15. The van der Waals surface area contributed by atoms with Crippen LogP contribution in [0, 0.1) is 0 Å². The van der Waals surface area contributed by atoms with Crippen molar-refractivity contribution in [3.8, 4) is 0 Å². The number of rotatable bonds is 4. The minimum Gasteiger partial charge on any atom is -0.345 e. The Bertz CT molecular complexity index is 585. The second kappa shape index (κ2) is 6.12. The molecule has 0 aliphatic carbocycles.